The van der Waals surface area contributed by atoms with Crippen LogP contribution in [0.5, 0.6) is 5.75 Å². The van der Waals surface area contributed by atoms with Crippen LogP contribution in [0.4, 0.5) is 5.69 Å². The largest absolute Gasteiger partial charge is 0.493 e. The highest BCUT2D eigenvalue weighted by molar-refractivity contribution is 5.79. The van der Waals surface area contributed by atoms with Crippen LogP contribution in [0.15, 0.2) is 48.5 Å². The number of hydrogen-bond acceptors (Lipinski definition) is 3. The van der Waals surface area contributed by atoms with Crippen LogP contribution in [-0.4, -0.2) is 43.6 Å². The average Bonchev–Trinajstić information content (AvgIpc) is 3.10. The molecule has 2 aromatic rings. The van der Waals surface area contributed by atoms with E-state index >= 15 is 0 Å². The van der Waals surface area contributed by atoms with Gasteiger partial charge in [0.25, 0.3) is 0 Å². The Bertz CT molecular complexity index is 722. The number of piperazine rings is 1. The quantitative estimate of drug-likeness (QED) is 0.870. The number of carbonyl (C=O) groups excluding carboxylic acids is 1. The molecule has 2 aliphatic rings. The molecule has 24 heavy (non-hydrogen) atoms. The van der Waals surface area contributed by atoms with Crippen molar-refractivity contribution in [1.29, 1.82) is 0 Å². The van der Waals surface area contributed by atoms with Crippen molar-refractivity contribution in [2.45, 2.75) is 12.8 Å². The molecule has 1 fully saturated rings. The van der Waals surface area contributed by atoms with Gasteiger partial charge in [0.1, 0.15) is 5.75 Å². The van der Waals surface area contributed by atoms with Gasteiger partial charge in [0.05, 0.1) is 13.0 Å². The Morgan fingerprint density at radius 2 is 1.79 bits per heavy atom. The van der Waals surface area contributed by atoms with Gasteiger partial charge in [-0.05, 0) is 29.3 Å². The molecule has 0 aliphatic carbocycles. The summed E-state index contributed by atoms with van der Waals surface area (Å²) in [4.78, 5) is 16.9. The molecule has 4 heteroatoms. The third-order valence-electron chi connectivity index (χ3n) is 4.87. The van der Waals surface area contributed by atoms with Crippen molar-refractivity contribution in [3.05, 3.63) is 59.7 Å². The number of anilines is 1. The standard InChI is InChI=1S/C20H22N2O2/c23-20(15-16-6-7-17-8-13-24-19(17)14-16)22-11-9-21(10-12-22)18-4-2-1-3-5-18/h1-7,14H,8-13,15H2. The molecule has 0 atom stereocenters. The highest BCUT2D eigenvalue weighted by Gasteiger charge is 2.22. The van der Waals surface area contributed by atoms with Gasteiger partial charge >= 0.3 is 0 Å². The Hall–Kier alpha value is -2.49. The van der Waals surface area contributed by atoms with Gasteiger partial charge in [-0.3, -0.25) is 4.79 Å². The normalized spacial score (nSPS) is 16.7. The van der Waals surface area contributed by atoms with Crippen molar-refractivity contribution < 1.29 is 9.53 Å². The van der Waals surface area contributed by atoms with Gasteiger partial charge in [-0.15, -0.1) is 0 Å². The summed E-state index contributed by atoms with van der Waals surface area (Å²) in [6.07, 6.45) is 1.44. The minimum atomic E-state index is 0.209. The Kier molecular flexibility index (Phi) is 4.11. The molecule has 124 valence electrons. The number of hydrogen-bond donors (Lipinski definition) is 0. The molecule has 1 saturated heterocycles. The van der Waals surface area contributed by atoms with Crippen LogP contribution in [0, 0.1) is 0 Å². The number of amides is 1. The van der Waals surface area contributed by atoms with Gasteiger partial charge in [0.2, 0.25) is 5.91 Å². The van der Waals surface area contributed by atoms with E-state index in [1.54, 1.807) is 0 Å². The molecule has 4 rings (SSSR count). The second-order valence-electron chi connectivity index (χ2n) is 6.42. The van der Waals surface area contributed by atoms with E-state index in [2.05, 4.69) is 41.3 Å². The highest BCUT2D eigenvalue weighted by Crippen LogP contribution is 2.26. The van der Waals surface area contributed by atoms with Crippen molar-refractivity contribution in [2.24, 2.45) is 0 Å². The smallest absolute Gasteiger partial charge is 0.227 e. The minimum absolute atomic E-state index is 0.209. The first-order chi connectivity index (χ1) is 11.8. The zero-order chi connectivity index (χ0) is 16.4. The lowest BCUT2D eigenvalue weighted by Gasteiger charge is -2.36. The molecule has 0 N–H and O–H groups in total. The number of nitrogens with zero attached hydrogens (tertiary/aromatic N) is 2. The van der Waals surface area contributed by atoms with Gasteiger partial charge < -0.3 is 14.5 Å². The highest BCUT2D eigenvalue weighted by atomic mass is 16.5. The van der Waals surface area contributed by atoms with E-state index < -0.39 is 0 Å². The minimum Gasteiger partial charge on any atom is -0.493 e. The van der Waals surface area contributed by atoms with E-state index in [1.165, 1.54) is 11.3 Å². The number of para-hydroxylation sites is 1. The van der Waals surface area contributed by atoms with Gasteiger partial charge in [0, 0.05) is 38.3 Å². The SMILES string of the molecule is O=C(Cc1ccc2c(c1)OCC2)N1CCN(c2ccccc2)CC1. The molecule has 0 spiro atoms. The molecule has 0 unspecified atom stereocenters. The molecule has 2 aliphatic heterocycles. The summed E-state index contributed by atoms with van der Waals surface area (Å²) in [7, 11) is 0. The van der Waals surface area contributed by atoms with E-state index in [1.807, 2.05) is 17.0 Å². The number of benzene rings is 2. The molecular weight excluding hydrogens is 300 g/mol. The second kappa shape index (κ2) is 6.56. The zero-order valence-corrected chi connectivity index (χ0v) is 13.8. The summed E-state index contributed by atoms with van der Waals surface area (Å²) in [6, 6.07) is 16.6. The van der Waals surface area contributed by atoms with E-state index in [9.17, 15) is 4.79 Å². The van der Waals surface area contributed by atoms with E-state index in [4.69, 9.17) is 4.74 Å². The Balaban J connectivity index is 1.35. The fourth-order valence-electron chi connectivity index (χ4n) is 3.46. The van der Waals surface area contributed by atoms with E-state index in [0.29, 0.717) is 6.42 Å². The van der Waals surface area contributed by atoms with Crippen LogP contribution >= 0.6 is 0 Å². The fraction of sp³-hybridized carbons (Fsp3) is 0.350. The first-order valence-electron chi connectivity index (χ1n) is 8.62. The Morgan fingerprint density at radius 1 is 1.00 bits per heavy atom. The third-order valence-corrected chi connectivity index (χ3v) is 4.87. The molecule has 2 heterocycles. The molecule has 1 amide bonds. The van der Waals surface area contributed by atoms with Crippen LogP contribution in [0.2, 0.25) is 0 Å². The first-order valence-corrected chi connectivity index (χ1v) is 8.62. The van der Waals surface area contributed by atoms with Crippen LogP contribution in [-0.2, 0) is 17.6 Å². The molecule has 0 saturated carbocycles. The number of rotatable bonds is 3. The van der Waals surface area contributed by atoms with Crippen LogP contribution in [0.25, 0.3) is 0 Å². The summed E-state index contributed by atoms with van der Waals surface area (Å²) in [6.45, 7) is 4.12. The predicted octanol–water partition coefficient (Wildman–Crippen LogP) is 2.51. The van der Waals surface area contributed by atoms with E-state index in [0.717, 1.165) is 50.5 Å². The number of ether oxygens (including phenoxy) is 1. The van der Waals surface area contributed by atoms with Crippen molar-refractivity contribution in [1.82, 2.24) is 4.90 Å². The second-order valence-corrected chi connectivity index (χ2v) is 6.42. The topological polar surface area (TPSA) is 32.8 Å². The molecule has 2 aromatic carbocycles. The fourth-order valence-corrected chi connectivity index (χ4v) is 3.46. The van der Waals surface area contributed by atoms with E-state index in [-0.39, 0.29) is 5.91 Å². The number of carbonyl (C=O) groups is 1. The van der Waals surface area contributed by atoms with Crippen LogP contribution < -0.4 is 9.64 Å². The molecule has 0 bridgehead atoms. The molecule has 0 radical (unpaired) electrons. The lowest BCUT2D eigenvalue weighted by Crippen LogP contribution is -2.49. The summed E-state index contributed by atoms with van der Waals surface area (Å²) in [5.74, 6) is 1.16. The average molecular weight is 322 g/mol. The first kappa shape index (κ1) is 15.1. The van der Waals surface area contributed by atoms with Crippen molar-refractivity contribution in [3.63, 3.8) is 0 Å². The van der Waals surface area contributed by atoms with Gasteiger partial charge in [-0.2, -0.15) is 0 Å². The number of fused-ring (bicyclic) bond motifs is 1. The lowest BCUT2D eigenvalue weighted by molar-refractivity contribution is -0.130. The zero-order valence-electron chi connectivity index (χ0n) is 13.8. The van der Waals surface area contributed by atoms with Gasteiger partial charge in [-0.1, -0.05) is 30.3 Å². The lowest BCUT2D eigenvalue weighted by atomic mass is 10.1. The molecular formula is C20H22N2O2. The van der Waals surface area contributed by atoms with Gasteiger partial charge in [-0.25, -0.2) is 0 Å². The van der Waals surface area contributed by atoms with Crippen molar-refractivity contribution in [2.75, 3.05) is 37.7 Å². The van der Waals surface area contributed by atoms with Crippen molar-refractivity contribution in [3.8, 4) is 5.75 Å². The predicted molar refractivity (Wildman–Crippen MR) is 94.6 cm³/mol. The molecule has 4 nitrogen and oxygen atoms in total. The summed E-state index contributed by atoms with van der Waals surface area (Å²) < 4.78 is 5.60. The Morgan fingerprint density at radius 3 is 2.58 bits per heavy atom. The van der Waals surface area contributed by atoms with Crippen LogP contribution in [0.3, 0.4) is 0 Å². The van der Waals surface area contributed by atoms with Crippen molar-refractivity contribution >= 4 is 11.6 Å². The molecule has 0 aromatic heterocycles. The Labute approximate surface area is 142 Å². The van der Waals surface area contributed by atoms with Gasteiger partial charge in [0.15, 0.2) is 0 Å². The maximum atomic E-state index is 12.6. The summed E-state index contributed by atoms with van der Waals surface area (Å²) >= 11 is 0. The maximum Gasteiger partial charge on any atom is 0.227 e. The third kappa shape index (κ3) is 3.09. The summed E-state index contributed by atoms with van der Waals surface area (Å²) in [5, 5.41) is 0. The summed E-state index contributed by atoms with van der Waals surface area (Å²) in [5.41, 5.74) is 3.54. The monoisotopic (exact) mass is 322 g/mol. The van der Waals surface area contributed by atoms with Crippen LogP contribution in [0.1, 0.15) is 11.1 Å². The maximum absolute atomic E-state index is 12.6.